The first-order chi connectivity index (χ1) is 22.4. The number of pyridine rings is 2. The van der Waals surface area contributed by atoms with Crippen molar-refractivity contribution in [2.45, 2.75) is 0 Å². The molecule has 0 atom stereocenters. The van der Waals surface area contributed by atoms with Gasteiger partial charge >= 0.3 is 0 Å². The molecule has 5 nitrogen and oxygen atoms in total. The quantitative estimate of drug-likeness (QED) is 0.210. The van der Waals surface area contributed by atoms with Crippen LogP contribution >= 0.6 is 0 Å². The molecule has 10 rings (SSSR count). The summed E-state index contributed by atoms with van der Waals surface area (Å²) in [5, 5.41) is 4.60. The Bertz CT molecular complexity index is 2750. The standard InChI is InChI=1S/C40H25N5/c1-3-12-26(13-4-1)43-33-18-9-7-16-29(33)31-24-28(21-22-35(31)43)45-34-19-10-8-17-30(34)38-40(45)39-32(25-42-38)37-36(20-11-23-41-37)44(39)27-14-5-2-6-15-27/h1-25H. The van der Waals surface area contributed by atoms with E-state index in [1.54, 1.807) is 0 Å². The van der Waals surface area contributed by atoms with E-state index < -0.39 is 0 Å². The Morgan fingerprint density at radius 3 is 1.73 bits per heavy atom. The molecule has 0 bridgehead atoms. The second-order valence-corrected chi connectivity index (χ2v) is 11.5. The summed E-state index contributed by atoms with van der Waals surface area (Å²) in [5.74, 6) is 0. The molecule has 0 saturated heterocycles. The van der Waals surface area contributed by atoms with Crippen molar-refractivity contribution >= 4 is 65.7 Å². The second-order valence-electron chi connectivity index (χ2n) is 11.5. The molecule has 0 unspecified atom stereocenters. The Labute approximate surface area is 257 Å². The van der Waals surface area contributed by atoms with Crippen LogP contribution in [0.25, 0.3) is 82.7 Å². The topological polar surface area (TPSA) is 40.6 Å². The van der Waals surface area contributed by atoms with Gasteiger partial charge in [0.05, 0.1) is 44.1 Å². The average Bonchev–Trinajstić information content (AvgIpc) is 3.74. The van der Waals surface area contributed by atoms with Gasteiger partial charge in [-0.25, -0.2) is 0 Å². The number of hydrogen-bond acceptors (Lipinski definition) is 2. The van der Waals surface area contributed by atoms with Crippen molar-refractivity contribution < 1.29 is 0 Å². The van der Waals surface area contributed by atoms with E-state index in [-0.39, 0.29) is 0 Å². The van der Waals surface area contributed by atoms with Gasteiger partial charge in [0.15, 0.2) is 0 Å². The number of benzene rings is 5. The lowest BCUT2D eigenvalue weighted by molar-refractivity contribution is 1.14. The lowest BCUT2D eigenvalue weighted by Gasteiger charge is -2.13. The maximum atomic E-state index is 5.12. The van der Waals surface area contributed by atoms with Gasteiger partial charge in [-0.1, -0.05) is 72.8 Å². The number of para-hydroxylation sites is 4. The molecule has 0 aliphatic rings. The first-order valence-electron chi connectivity index (χ1n) is 15.2. The summed E-state index contributed by atoms with van der Waals surface area (Å²) in [6.45, 7) is 0. The minimum Gasteiger partial charge on any atom is -0.309 e. The van der Waals surface area contributed by atoms with Crippen LogP contribution in [0, 0.1) is 0 Å². The minimum absolute atomic E-state index is 0.948. The van der Waals surface area contributed by atoms with Gasteiger partial charge in [0, 0.05) is 51.0 Å². The fraction of sp³-hybridized carbons (Fsp3) is 0. The van der Waals surface area contributed by atoms with Crippen molar-refractivity contribution in [3.63, 3.8) is 0 Å². The van der Waals surface area contributed by atoms with Gasteiger partial charge in [0.25, 0.3) is 0 Å². The molecule has 0 aliphatic carbocycles. The van der Waals surface area contributed by atoms with E-state index in [9.17, 15) is 0 Å². The van der Waals surface area contributed by atoms with Crippen LogP contribution in [0.15, 0.2) is 152 Å². The third-order valence-corrected chi connectivity index (χ3v) is 9.10. The summed E-state index contributed by atoms with van der Waals surface area (Å²) in [5.41, 5.74) is 12.0. The van der Waals surface area contributed by atoms with Gasteiger partial charge in [-0.3, -0.25) is 9.97 Å². The third-order valence-electron chi connectivity index (χ3n) is 9.10. The Morgan fingerprint density at radius 1 is 0.356 bits per heavy atom. The highest BCUT2D eigenvalue weighted by Crippen LogP contribution is 2.41. The minimum atomic E-state index is 0.948. The van der Waals surface area contributed by atoms with Crippen LogP contribution in [0.4, 0.5) is 0 Å². The number of rotatable bonds is 3. The molecule has 5 aromatic carbocycles. The molecule has 0 radical (unpaired) electrons. The number of hydrogen-bond donors (Lipinski definition) is 0. The van der Waals surface area contributed by atoms with Crippen LogP contribution in [-0.2, 0) is 0 Å². The maximum absolute atomic E-state index is 5.12. The smallest absolute Gasteiger partial charge is 0.0985 e. The average molecular weight is 576 g/mol. The van der Waals surface area contributed by atoms with Crippen LogP contribution in [0.2, 0.25) is 0 Å². The summed E-state index contributed by atoms with van der Waals surface area (Å²) in [6.07, 6.45) is 3.87. The highest BCUT2D eigenvalue weighted by Gasteiger charge is 2.23. The zero-order valence-electron chi connectivity index (χ0n) is 24.2. The summed E-state index contributed by atoms with van der Waals surface area (Å²) < 4.78 is 7.10. The van der Waals surface area contributed by atoms with Crippen molar-refractivity contribution in [1.29, 1.82) is 0 Å². The van der Waals surface area contributed by atoms with Gasteiger partial charge in [0.2, 0.25) is 0 Å². The number of aromatic nitrogens is 5. The highest BCUT2D eigenvalue weighted by molar-refractivity contribution is 6.21. The molecule has 210 valence electrons. The largest absolute Gasteiger partial charge is 0.309 e. The molecule has 0 saturated carbocycles. The van der Waals surface area contributed by atoms with Crippen LogP contribution in [-0.4, -0.2) is 23.7 Å². The van der Waals surface area contributed by atoms with E-state index in [2.05, 4.69) is 147 Å². The molecular weight excluding hydrogens is 550 g/mol. The van der Waals surface area contributed by atoms with Gasteiger partial charge in [-0.15, -0.1) is 0 Å². The van der Waals surface area contributed by atoms with Crippen LogP contribution < -0.4 is 0 Å². The highest BCUT2D eigenvalue weighted by atomic mass is 15.1. The van der Waals surface area contributed by atoms with Crippen molar-refractivity contribution in [3.05, 3.63) is 152 Å². The van der Waals surface area contributed by atoms with E-state index >= 15 is 0 Å². The molecule has 0 fully saturated rings. The van der Waals surface area contributed by atoms with Crippen molar-refractivity contribution in [2.75, 3.05) is 0 Å². The Balaban J connectivity index is 1.38. The molecule has 45 heavy (non-hydrogen) atoms. The normalized spacial score (nSPS) is 12.0. The van der Waals surface area contributed by atoms with Crippen LogP contribution in [0.1, 0.15) is 0 Å². The van der Waals surface area contributed by atoms with Gasteiger partial charge < -0.3 is 13.7 Å². The Hall–Kier alpha value is -6.20. The number of nitrogens with zero attached hydrogens (tertiary/aromatic N) is 5. The molecule has 10 aromatic rings. The molecule has 0 aliphatic heterocycles. The summed E-state index contributed by atoms with van der Waals surface area (Å²) >= 11 is 0. The first-order valence-corrected chi connectivity index (χ1v) is 15.2. The summed E-state index contributed by atoms with van der Waals surface area (Å²) in [6, 6.07) is 49.5. The predicted octanol–water partition coefficient (Wildman–Crippen LogP) is 9.77. The lowest BCUT2D eigenvalue weighted by atomic mass is 10.1. The van der Waals surface area contributed by atoms with E-state index in [1.807, 2.05) is 18.5 Å². The zero-order chi connectivity index (χ0) is 29.5. The zero-order valence-corrected chi connectivity index (χ0v) is 24.2. The van der Waals surface area contributed by atoms with Crippen molar-refractivity contribution in [3.8, 4) is 17.1 Å². The van der Waals surface area contributed by atoms with E-state index in [0.29, 0.717) is 0 Å². The summed E-state index contributed by atoms with van der Waals surface area (Å²) in [7, 11) is 0. The SMILES string of the molecule is c1ccc(-n2c3ccccc3c3cc(-n4c5ccccc5c5ncc6c7ncccc7n(-c7ccccc7)c6c54)ccc32)cc1. The van der Waals surface area contributed by atoms with Gasteiger partial charge in [0.1, 0.15) is 0 Å². The van der Waals surface area contributed by atoms with Crippen molar-refractivity contribution in [2.24, 2.45) is 0 Å². The molecule has 5 aromatic heterocycles. The van der Waals surface area contributed by atoms with Gasteiger partial charge in [-0.2, -0.15) is 0 Å². The molecule has 0 amide bonds. The monoisotopic (exact) mass is 575 g/mol. The summed E-state index contributed by atoms with van der Waals surface area (Å²) in [4.78, 5) is 9.97. The van der Waals surface area contributed by atoms with E-state index in [4.69, 9.17) is 9.97 Å². The Morgan fingerprint density at radius 2 is 0.956 bits per heavy atom. The van der Waals surface area contributed by atoms with E-state index in [1.165, 1.54) is 21.8 Å². The molecular formula is C40H25N5. The lowest BCUT2D eigenvalue weighted by Crippen LogP contribution is -1.99. The number of fused-ring (bicyclic) bond motifs is 10. The maximum Gasteiger partial charge on any atom is 0.0985 e. The fourth-order valence-corrected chi connectivity index (χ4v) is 7.26. The molecule has 0 spiro atoms. The van der Waals surface area contributed by atoms with Gasteiger partial charge in [-0.05, 0) is 66.7 Å². The third kappa shape index (κ3) is 3.32. The Kier molecular flexibility index (Phi) is 4.93. The second kappa shape index (κ2) is 9.15. The predicted molar refractivity (Wildman–Crippen MR) is 185 cm³/mol. The molecule has 0 N–H and O–H groups in total. The van der Waals surface area contributed by atoms with Crippen LogP contribution in [0.3, 0.4) is 0 Å². The molecule has 5 heterocycles. The fourth-order valence-electron chi connectivity index (χ4n) is 7.26. The first kappa shape index (κ1) is 24.3. The van der Waals surface area contributed by atoms with E-state index in [0.717, 1.165) is 60.9 Å². The van der Waals surface area contributed by atoms with Crippen molar-refractivity contribution in [1.82, 2.24) is 23.7 Å². The van der Waals surface area contributed by atoms with Crippen LogP contribution in [0.5, 0.6) is 0 Å². The molecule has 5 heteroatoms.